The number of carbonyl (C=O) groups excluding carboxylic acids is 1. The molecule has 1 atom stereocenters. The molecule has 3 nitrogen and oxygen atoms in total. The molecule has 0 radical (unpaired) electrons. The van der Waals surface area contributed by atoms with Crippen molar-refractivity contribution in [1.29, 1.82) is 0 Å². The van der Waals surface area contributed by atoms with Gasteiger partial charge in [0.2, 0.25) is 5.91 Å². The number of benzene rings is 1. The molecule has 0 aliphatic heterocycles. The van der Waals surface area contributed by atoms with Gasteiger partial charge in [-0.05, 0) is 52.9 Å². The second-order valence-corrected chi connectivity index (χ2v) is 5.96. The number of amides is 1. The summed E-state index contributed by atoms with van der Waals surface area (Å²) in [6.45, 7) is 0. The van der Waals surface area contributed by atoms with Crippen LogP contribution in [0.5, 0.6) is 0 Å². The van der Waals surface area contributed by atoms with E-state index in [0.29, 0.717) is 10.9 Å². The molecule has 1 unspecified atom stereocenters. The zero-order valence-corrected chi connectivity index (χ0v) is 12.3. The van der Waals surface area contributed by atoms with Crippen LogP contribution < -0.4 is 11.1 Å². The smallest absolute Gasteiger partial charge is 0.240 e. The SMILES string of the molecule is NC(=O)C(Nc1ccc(Cl)c(Br)c1)C1CCCC1. The third-order valence-electron chi connectivity index (χ3n) is 3.42. The lowest BCUT2D eigenvalue weighted by molar-refractivity contribution is -0.119. The fourth-order valence-corrected chi connectivity index (χ4v) is 2.97. The first-order valence-corrected chi connectivity index (χ1v) is 7.26. The van der Waals surface area contributed by atoms with Gasteiger partial charge in [-0.3, -0.25) is 4.79 Å². The largest absolute Gasteiger partial charge is 0.373 e. The number of anilines is 1. The fraction of sp³-hybridized carbons (Fsp3) is 0.462. The summed E-state index contributed by atoms with van der Waals surface area (Å²) in [5.74, 6) is 0.0601. The molecule has 0 spiro atoms. The summed E-state index contributed by atoms with van der Waals surface area (Å²) in [7, 11) is 0. The van der Waals surface area contributed by atoms with Gasteiger partial charge in [-0.25, -0.2) is 0 Å². The van der Waals surface area contributed by atoms with Gasteiger partial charge >= 0.3 is 0 Å². The number of primary amides is 1. The Kier molecular flexibility index (Phi) is 4.51. The highest BCUT2D eigenvalue weighted by Gasteiger charge is 2.29. The molecule has 2 rings (SSSR count). The number of nitrogens with two attached hydrogens (primary N) is 1. The van der Waals surface area contributed by atoms with Gasteiger partial charge in [0, 0.05) is 10.2 Å². The van der Waals surface area contributed by atoms with Crippen molar-refractivity contribution in [3.8, 4) is 0 Å². The Bertz CT molecular complexity index is 447. The lowest BCUT2D eigenvalue weighted by Crippen LogP contribution is -2.40. The Morgan fingerprint density at radius 1 is 1.44 bits per heavy atom. The average Bonchev–Trinajstić information content (AvgIpc) is 2.83. The van der Waals surface area contributed by atoms with E-state index in [-0.39, 0.29) is 11.9 Å². The third-order valence-corrected chi connectivity index (χ3v) is 4.63. The second-order valence-electron chi connectivity index (χ2n) is 4.70. The van der Waals surface area contributed by atoms with Gasteiger partial charge in [0.05, 0.1) is 5.02 Å². The lowest BCUT2D eigenvalue weighted by atomic mass is 9.97. The molecule has 0 saturated heterocycles. The van der Waals surface area contributed by atoms with Crippen LogP contribution >= 0.6 is 27.5 Å². The lowest BCUT2D eigenvalue weighted by Gasteiger charge is -2.22. The Morgan fingerprint density at radius 2 is 2.11 bits per heavy atom. The van der Waals surface area contributed by atoms with Crippen LogP contribution in [0.2, 0.25) is 5.02 Å². The second kappa shape index (κ2) is 5.93. The number of halogens is 2. The van der Waals surface area contributed by atoms with Crippen molar-refractivity contribution >= 4 is 39.1 Å². The quantitative estimate of drug-likeness (QED) is 0.886. The first-order chi connectivity index (χ1) is 8.58. The molecule has 1 amide bonds. The molecular formula is C13H16BrClN2O. The van der Waals surface area contributed by atoms with E-state index in [1.165, 1.54) is 12.8 Å². The zero-order chi connectivity index (χ0) is 13.1. The van der Waals surface area contributed by atoms with Gasteiger partial charge in [-0.15, -0.1) is 0 Å². The molecule has 1 aliphatic rings. The van der Waals surface area contributed by atoms with E-state index in [9.17, 15) is 4.79 Å². The molecule has 0 aromatic heterocycles. The standard InChI is InChI=1S/C13H16BrClN2O/c14-10-7-9(5-6-11(10)15)17-12(13(16)18)8-3-1-2-4-8/h5-8,12,17H,1-4H2,(H2,16,18). The summed E-state index contributed by atoms with van der Waals surface area (Å²) in [4.78, 5) is 11.6. The minimum atomic E-state index is -0.291. The predicted octanol–water partition coefficient (Wildman–Crippen LogP) is 3.56. The number of nitrogens with one attached hydrogen (secondary N) is 1. The number of rotatable bonds is 4. The van der Waals surface area contributed by atoms with Gasteiger partial charge in [0.15, 0.2) is 0 Å². The monoisotopic (exact) mass is 330 g/mol. The van der Waals surface area contributed by atoms with E-state index in [1.807, 2.05) is 12.1 Å². The van der Waals surface area contributed by atoms with Gasteiger partial charge in [-0.1, -0.05) is 24.4 Å². The molecule has 1 saturated carbocycles. The van der Waals surface area contributed by atoms with Crippen LogP contribution in [-0.4, -0.2) is 11.9 Å². The van der Waals surface area contributed by atoms with Crippen LogP contribution in [0, 0.1) is 5.92 Å². The van der Waals surface area contributed by atoms with Crippen LogP contribution in [0.3, 0.4) is 0 Å². The van der Waals surface area contributed by atoms with E-state index >= 15 is 0 Å². The fourth-order valence-electron chi connectivity index (χ4n) is 2.48. The van der Waals surface area contributed by atoms with Crippen molar-refractivity contribution in [2.75, 3.05) is 5.32 Å². The van der Waals surface area contributed by atoms with Crippen LogP contribution in [0.4, 0.5) is 5.69 Å². The highest BCUT2D eigenvalue weighted by molar-refractivity contribution is 9.10. The Labute approximate surface area is 120 Å². The molecule has 18 heavy (non-hydrogen) atoms. The normalized spacial score (nSPS) is 17.7. The van der Waals surface area contributed by atoms with Gasteiger partial charge in [0.1, 0.15) is 6.04 Å². The summed E-state index contributed by atoms with van der Waals surface area (Å²) >= 11 is 9.31. The molecule has 3 N–H and O–H groups in total. The van der Waals surface area contributed by atoms with Crippen molar-refractivity contribution in [2.24, 2.45) is 11.7 Å². The van der Waals surface area contributed by atoms with Gasteiger partial charge < -0.3 is 11.1 Å². The van der Waals surface area contributed by atoms with E-state index < -0.39 is 0 Å². The van der Waals surface area contributed by atoms with Gasteiger partial charge in [-0.2, -0.15) is 0 Å². The summed E-state index contributed by atoms with van der Waals surface area (Å²) in [5, 5.41) is 3.88. The summed E-state index contributed by atoms with van der Waals surface area (Å²) in [6, 6.07) is 5.23. The van der Waals surface area contributed by atoms with Crippen LogP contribution in [0.1, 0.15) is 25.7 Å². The molecule has 98 valence electrons. The summed E-state index contributed by atoms with van der Waals surface area (Å²) < 4.78 is 0.809. The molecule has 1 aromatic rings. The van der Waals surface area contributed by atoms with Crippen molar-refractivity contribution in [2.45, 2.75) is 31.7 Å². The van der Waals surface area contributed by atoms with E-state index in [4.69, 9.17) is 17.3 Å². The molecule has 1 aromatic carbocycles. The zero-order valence-electron chi connectivity index (χ0n) is 9.96. The minimum absolute atomic E-state index is 0.284. The molecule has 1 fully saturated rings. The minimum Gasteiger partial charge on any atom is -0.373 e. The summed E-state index contributed by atoms with van der Waals surface area (Å²) in [6.07, 6.45) is 4.49. The van der Waals surface area contributed by atoms with Gasteiger partial charge in [0.25, 0.3) is 0 Å². The maximum Gasteiger partial charge on any atom is 0.240 e. The third kappa shape index (κ3) is 3.18. The van der Waals surface area contributed by atoms with Crippen LogP contribution in [0.15, 0.2) is 22.7 Å². The van der Waals surface area contributed by atoms with Crippen LogP contribution in [-0.2, 0) is 4.79 Å². The van der Waals surface area contributed by atoms with E-state index in [1.54, 1.807) is 6.07 Å². The number of carbonyl (C=O) groups is 1. The molecule has 0 heterocycles. The predicted molar refractivity (Wildman–Crippen MR) is 77.7 cm³/mol. The van der Waals surface area contributed by atoms with Crippen LogP contribution in [0.25, 0.3) is 0 Å². The van der Waals surface area contributed by atoms with Crippen molar-refractivity contribution in [1.82, 2.24) is 0 Å². The molecule has 5 heteroatoms. The highest BCUT2D eigenvalue weighted by Crippen LogP contribution is 2.31. The molecule has 1 aliphatic carbocycles. The first-order valence-electron chi connectivity index (χ1n) is 6.09. The first kappa shape index (κ1) is 13.7. The Hall–Kier alpha value is -0.740. The molecule has 0 bridgehead atoms. The average molecular weight is 332 g/mol. The maximum atomic E-state index is 11.6. The highest BCUT2D eigenvalue weighted by atomic mass is 79.9. The Balaban J connectivity index is 2.12. The molecular weight excluding hydrogens is 316 g/mol. The van der Waals surface area contributed by atoms with E-state index in [0.717, 1.165) is 23.0 Å². The maximum absolute atomic E-state index is 11.6. The topological polar surface area (TPSA) is 55.1 Å². The summed E-state index contributed by atoms with van der Waals surface area (Å²) in [5.41, 5.74) is 6.36. The van der Waals surface area contributed by atoms with Crippen molar-refractivity contribution in [3.63, 3.8) is 0 Å². The van der Waals surface area contributed by atoms with E-state index in [2.05, 4.69) is 21.2 Å². The number of hydrogen-bond donors (Lipinski definition) is 2. The van der Waals surface area contributed by atoms with Crippen molar-refractivity contribution in [3.05, 3.63) is 27.7 Å². The van der Waals surface area contributed by atoms with Crippen molar-refractivity contribution < 1.29 is 4.79 Å². The Morgan fingerprint density at radius 3 is 2.67 bits per heavy atom. The number of hydrogen-bond acceptors (Lipinski definition) is 2.